The van der Waals surface area contributed by atoms with Crippen LogP contribution in [0.4, 0.5) is 0 Å². The first-order valence-corrected chi connectivity index (χ1v) is 26.1. The Hall–Kier alpha value is -4.19. The molecule has 0 spiro atoms. The highest BCUT2D eigenvalue weighted by molar-refractivity contribution is 5.71. The highest BCUT2D eigenvalue weighted by Crippen LogP contribution is 2.13. The van der Waals surface area contributed by atoms with Gasteiger partial charge in [0.05, 0.1) is 0 Å². The minimum atomic E-state index is -0.840. The van der Waals surface area contributed by atoms with Crippen LogP contribution in [0.1, 0.15) is 213 Å². The van der Waals surface area contributed by atoms with Crippen molar-refractivity contribution in [3.05, 3.63) is 122 Å². The van der Waals surface area contributed by atoms with Gasteiger partial charge in [-0.3, -0.25) is 14.4 Å². The van der Waals surface area contributed by atoms with Crippen LogP contribution in [0.25, 0.3) is 0 Å². The molecule has 366 valence electrons. The van der Waals surface area contributed by atoms with E-state index in [0.717, 1.165) is 96.3 Å². The lowest BCUT2D eigenvalue weighted by molar-refractivity contribution is -0.166. The quantitative estimate of drug-likeness (QED) is 0.0199. The molecule has 0 fully saturated rings. The highest BCUT2D eigenvalue weighted by Gasteiger charge is 2.19. The maximum Gasteiger partial charge on any atom is 0.306 e. The number of allylic oxidation sites excluding steroid dienone is 20. The van der Waals surface area contributed by atoms with Gasteiger partial charge < -0.3 is 14.2 Å². The molecule has 0 aromatic rings. The summed E-state index contributed by atoms with van der Waals surface area (Å²) >= 11 is 0. The standard InChI is InChI=1S/C59H94O6/c1-4-7-10-13-16-19-22-25-27-29-30-32-34-37-40-43-46-49-52-58(61)64-55-56(54-63-57(60)51-48-45-42-39-36-33-24-21-18-15-12-9-6-3)65-59(62)53-50-47-44-41-38-35-31-28-26-23-20-17-14-11-8-5-2/h8-9,11-12,15,17-18,20-21,24,26,28,30,32-33,35-36,38,44,47,56H,4-7,10,13-14,16,19,22-23,25,27,29,31,34,37,39-43,45-46,48-55H2,1-3H3/b11-8+,12-9+,18-15+,20-17+,24-21+,28-26+,32-30+,36-33+,38-35+,47-44+. The Balaban J connectivity index is 4.55. The fourth-order valence-corrected chi connectivity index (χ4v) is 6.67. The lowest BCUT2D eigenvalue weighted by Crippen LogP contribution is -2.30. The Morgan fingerprint density at radius 3 is 1.20 bits per heavy atom. The Morgan fingerprint density at radius 2 is 0.708 bits per heavy atom. The molecule has 0 saturated carbocycles. The van der Waals surface area contributed by atoms with E-state index in [-0.39, 0.29) is 31.6 Å². The lowest BCUT2D eigenvalue weighted by atomic mass is 10.1. The van der Waals surface area contributed by atoms with Gasteiger partial charge in [-0.1, -0.05) is 219 Å². The van der Waals surface area contributed by atoms with E-state index >= 15 is 0 Å². The minimum absolute atomic E-state index is 0.128. The van der Waals surface area contributed by atoms with Crippen LogP contribution >= 0.6 is 0 Å². The van der Waals surface area contributed by atoms with Crippen molar-refractivity contribution in [1.82, 2.24) is 0 Å². The van der Waals surface area contributed by atoms with Crippen LogP contribution in [0.15, 0.2) is 122 Å². The van der Waals surface area contributed by atoms with E-state index in [9.17, 15) is 14.4 Å². The number of carbonyl (C=O) groups excluding carboxylic acids is 3. The zero-order valence-corrected chi connectivity index (χ0v) is 41.7. The first-order valence-electron chi connectivity index (χ1n) is 26.1. The van der Waals surface area contributed by atoms with Crippen LogP contribution in [0.2, 0.25) is 0 Å². The summed E-state index contributed by atoms with van der Waals surface area (Å²) in [5, 5.41) is 0. The van der Waals surface area contributed by atoms with Crippen molar-refractivity contribution in [2.24, 2.45) is 0 Å². The molecule has 0 saturated heterocycles. The van der Waals surface area contributed by atoms with E-state index in [1.165, 1.54) is 70.6 Å². The van der Waals surface area contributed by atoms with Gasteiger partial charge in [-0.15, -0.1) is 0 Å². The number of rotatable bonds is 45. The van der Waals surface area contributed by atoms with Crippen LogP contribution in [0, 0.1) is 0 Å². The zero-order valence-electron chi connectivity index (χ0n) is 41.7. The predicted molar refractivity (Wildman–Crippen MR) is 279 cm³/mol. The first-order chi connectivity index (χ1) is 32.0. The topological polar surface area (TPSA) is 78.9 Å². The smallest absolute Gasteiger partial charge is 0.306 e. The van der Waals surface area contributed by atoms with Crippen LogP contribution in [0.3, 0.4) is 0 Å². The molecular weight excluding hydrogens is 805 g/mol. The fraction of sp³-hybridized carbons (Fsp3) is 0.610. The van der Waals surface area contributed by atoms with Gasteiger partial charge in [0.15, 0.2) is 6.10 Å². The van der Waals surface area contributed by atoms with Crippen molar-refractivity contribution in [3.63, 3.8) is 0 Å². The number of hydrogen-bond acceptors (Lipinski definition) is 6. The minimum Gasteiger partial charge on any atom is -0.462 e. The second-order valence-corrected chi connectivity index (χ2v) is 16.8. The average molecular weight is 899 g/mol. The molecule has 1 atom stereocenters. The number of esters is 3. The summed E-state index contributed by atoms with van der Waals surface area (Å²) in [7, 11) is 0. The zero-order chi connectivity index (χ0) is 47.2. The Kier molecular flexibility index (Phi) is 49.1. The SMILES string of the molecule is CC/C=C/C=C/C=C/C=C/CCCCCC(=O)OCC(COC(=O)CCCCCCC/C=C/CCCCCCCCCCC)OC(=O)CC/C=C/C/C=C/C/C=C/C/C=C/C/C=C/CC. The van der Waals surface area contributed by atoms with Crippen LogP contribution < -0.4 is 0 Å². The second-order valence-electron chi connectivity index (χ2n) is 16.8. The molecule has 6 heteroatoms. The predicted octanol–water partition coefficient (Wildman–Crippen LogP) is 17.3. The van der Waals surface area contributed by atoms with Gasteiger partial charge in [-0.05, 0) is 96.3 Å². The Morgan fingerprint density at radius 1 is 0.338 bits per heavy atom. The summed E-state index contributed by atoms with van der Waals surface area (Å²) in [6.07, 6.45) is 72.0. The largest absolute Gasteiger partial charge is 0.462 e. The van der Waals surface area contributed by atoms with E-state index in [1.807, 2.05) is 48.6 Å². The van der Waals surface area contributed by atoms with Gasteiger partial charge in [0.1, 0.15) is 13.2 Å². The van der Waals surface area contributed by atoms with Gasteiger partial charge in [0, 0.05) is 19.3 Å². The van der Waals surface area contributed by atoms with Crippen molar-refractivity contribution >= 4 is 17.9 Å². The maximum absolute atomic E-state index is 12.8. The third-order valence-electron chi connectivity index (χ3n) is 10.5. The van der Waals surface area contributed by atoms with E-state index in [4.69, 9.17) is 14.2 Å². The number of carbonyl (C=O) groups is 3. The molecule has 0 N–H and O–H groups in total. The Labute approximate surface area is 399 Å². The molecule has 0 amide bonds. The van der Waals surface area contributed by atoms with E-state index < -0.39 is 12.1 Å². The monoisotopic (exact) mass is 899 g/mol. The molecule has 65 heavy (non-hydrogen) atoms. The molecule has 0 aliphatic heterocycles. The highest BCUT2D eigenvalue weighted by atomic mass is 16.6. The number of hydrogen-bond donors (Lipinski definition) is 0. The summed E-state index contributed by atoms with van der Waals surface area (Å²) in [4.78, 5) is 38.0. The summed E-state index contributed by atoms with van der Waals surface area (Å²) < 4.78 is 16.7. The molecule has 0 bridgehead atoms. The second kappa shape index (κ2) is 52.4. The van der Waals surface area contributed by atoms with Crippen LogP contribution in [-0.2, 0) is 28.6 Å². The van der Waals surface area contributed by atoms with Gasteiger partial charge in [0.25, 0.3) is 0 Å². The fourth-order valence-electron chi connectivity index (χ4n) is 6.67. The van der Waals surface area contributed by atoms with Gasteiger partial charge in [0.2, 0.25) is 0 Å². The van der Waals surface area contributed by atoms with Crippen molar-refractivity contribution in [2.45, 2.75) is 219 Å². The average Bonchev–Trinajstić information content (AvgIpc) is 3.30. The van der Waals surface area contributed by atoms with Gasteiger partial charge in [-0.25, -0.2) is 0 Å². The molecule has 0 aliphatic rings. The van der Waals surface area contributed by atoms with Crippen molar-refractivity contribution in [2.75, 3.05) is 13.2 Å². The number of ether oxygens (including phenoxy) is 3. The van der Waals surface area contributed by atoms with Crippen LogP contribution in [0.5, 0.6) is 0 Å². The molecule has 0 aromatic heterocycles. The normalized spacial score (nSPS) is 13.1. The van der Waals surface area contributed by atoms with Crippen molar-refractivity contribution in [3.8, 4) is 0 Å². The molecule has 0 radical (unpaired) electrons. The van der Waals surface area contributed by atoms with E-state index in [1.54, 1.807) is 0 Å². The summed E-state index contributed by atoms with van der Waals surface area (Å²) in [6, 6.07) is 0. The van der Waals surface area contributed by atoms with Gasteiger partial charge >= 0.3 is 17.9 Å². The molecule has 6 nitrogen and oxygen atoms in total. The van der Waals surface area contributed by atoms with E-state index in [2.05, 4.69) is 93.7 Å². The molecule has 0 aromatic carbocycles. The van der Waals surface area contributed by atoms with Crippen molar-refractivity contribution < 1.29 is 28.6 Å². The number of unbranched alkanes of at least 4 members (excludes halogenated alkanes) is 17. The third kappa shape index (κ3) is 50.7. The lowest BCUT2D eigenvalue weighted by Gasteiger charge is -2.18. The maximum atomic E-state index is 12.8. The molecule has 1 unspecified atom stereocenters. The molecule has 0 rings (SSSR count). The first kappa shape index (κ1) is 60.8. The van der Waals surface area contributed by atoms with Crippen molar-refractivity contribution in [1.29, 1.82) is 0 Å². The summed E-state index contributed by atoms with van der Waals surface area (Å²) in [5.74, 6) is -1.07. The Bertz CT molecular complexity index is 1400. The van der Waals surface area contributed by atoms with Gasteiger partial charge in [-0.2, -0.15) is 0 Å². The molecule has 0 aliphatic carbocycles. The van der Waals surface area contributed by atoms with Crippen LogP contribution in [-0.4, -0.2) is 37.2 Å². The molecule has 0 heterocycles. The van der Waals surface area contributed by atoms with E-state index in [0.29, 0.717) is 19.3 Å². The summed E-state index contributed by atoms with van der Waals surface area (Å²) in [6.45, 7) is 6.26. The summed E-state index contributed by atoms with van der Waals surface area (Å²) in [5.41, 5.74) is 0. The molecular formula is C59H94O6. The third-order valence-corrected chi connectivity index (χ3v) is 10.5.